The molecule has 0 spiro atoms. The quantitative estimate of drug-likeness (QED) is 0.330. The first kappa shape index (κ1) is 11.6. The van der Waals surface area contributed by atoms with Gasteiger partial charge >= 0.3 is 35.5 Å². The molecule has 0 amide bonds. The van der Waals surface area contributed by atoms with E-state index in [-0.39, 0.29) is 42.7 Å². The van der Waals surface area contributed by atoms with Crippen molar-refractivity contribution in [3.05, 3.63) is 24.3 Å². The second-order valence-electron chi connectivity index (χ2n) is 2.17. The molecule has 60 valence electrons. The number of ether oxygens (including phenoxy) is 1. The molecule has 0 saturated heterocycles. The normalized spacial score (nSPS) is 15.6. The van der Waals surface area contributed by atoms with Gasteiger partial charge in [0.15, 0.2) is 5.78 Å². The molecular formula is C8H9NaO3. The molecule has 1 aliphatic carbocycles. The summed E-state index contributed by atoms with van der Waals surface area (Å²) in [7, 11) is 1.32. The minimum Gasteiger partial charge on any atom is -1.00 e. The molecule has 1 aliphatic rings. The van der Waals surface area contributed by atoms with Crippen molar-refractivity contribution in [1.29, 1.82) is 0 Å². The summed E-state index contributed by atoms with van der Waals surface area (Å²) in [5, 5.41) is 0. The Hall–Kier alpha value is -0.380. The van der Waals surface area contributed by atoms with Crippen LogP contribution in [0.2, 0.25) is 0 Å². The smallest absolute Gasteiger partial charge is 1.00 e. The Morgan fingerprint density at radius 1 is 1.50 bits per heavy atom. The summed E-state index contributed by atoms with van der Waals surface area (Å²) in [5.41, 5.74) is 0. The van der Waals surface area contributed by atoms with Crippen LogP contribution in [0.3, 0.4) is 0 Å². The van der Waals surface area contributed by atoms with E-state index in [0.29, 0.717) is 0 Å². The maximum Gasteiger partial charge on any atom is 1.00 e. The Bertz CT molecular complexity index is 232. The van der Waals surface area contributed by atoms with E-state index in [4.69, 9.17) is 0 Å². The van der Waals surface area contributed by atoms with Gasteiger partial charge in [0.2, 0.25) is 0 Å². The van der Waals surface area contributed by atoms with E-state index in [0.717, 1.165) is 0 Å². The third-order valence-corrected chi connectivity index (χ3v) is 1.41. The molecule has 0 unspecified atom stereocenters. The number of carbonyl (C=O) groups is 2. The zero-order chi connectivity index (χ0) is 8.27. The second-order valence-corrected chi connectivity index (χ2v) is 2.17. The summed E-state index contributed by atoms with van der Waals surface area (Å²) in [6.07, 6.45) is 5.77. The van der Waals surface area contributed by atoms with E-state index in [9.17, 15) is 9.59 Å². The van der Waals surface area contributed by atoms with Crippen LogP contribution in [0.15, 0.2) is 24.3 Å². The number of hydrogen-bond acceptors (Lipinski definition) is 3. The van der Waals surface area contributed by atoms with Crippen LogP contribution in [0.4, 0.5) is 0 Å². The number of carbonyl (C=O) groups excluding carboxylic acids is 2. The maximum absolute atomic E-state index is 10.8. The molecule has 0 radical (unpaired) electrons. The average molecular weight is 176 g/mol. The third kappa shape index (κ3) is 2.93. The largest absolute Gasteiger partial charge is 1.00 e. The second kappa shape index (κ2) is 5.30. The van der Waals surface area contributed by atoms with Gasteiger partial charge in [-0.15, -0.1) is 0 Å². The van der Waals surface area contributed by atoms with Gasteiger partial charge in [-0.3, -0.25) is 9.59 Å². The number of rotatable bonds is 1. The van der Waals surface area contributed by atoms with Crippen molar-refractivity contribution >= 4 is 11.8 Å². The average Bonchev–Trinajstić information content (AvgIpc) is 2.05. The van der Waals surface area contributed by atoms with E-state index in [2.05, 4.69) is 4.74 Å². The Balaban J connectivity index is 0. The van der Waals surface area contributed by atoms with Crippen molar-refractivity contribution in [3.63, 3.8) is 0 Å². The van der Waals surface area contributed by atoms with Crippen LogP contribution in [-0.4, -0.2) is 18.9 Å². The first-order valence-electron chi connectivity index (χ1n) is 3.22. The molecule has 3 nitrogen and oxygen atoms in total. The molecule has 0 N–H and O–H groups in total. The Morgan fingerprint density at radius 2 is 2.00 bits per heavy atom. The summed E-state index contributed by atoms with van der Waals surface area (Å²) in [4.78, 5) is 21.4. The summed E-state index contributed by atoms with van der Waals surface area (Å²) >= 11 is 0. The predicted molar refractivity (Wildman–Crippen MR) is 39.9 cm³/mol. The van der Waals surface area contributed by atoms with Crippen LogP contribution in [0.25, 0.3) is 0 Å². The fraction of sp³-hybridized carbons (Fsp3) is 0.250. The van der Waals surface area contributed by atoms with Crippen molar-refractivity contribution in [3.8, 4) is 0 Å². The molecule has 12 heavy (non-hydrogen) atoms. The SMILES string of the molecule is COC(=O)C1C=CC(=O)C=C1.[H-].[Na+]. The van der Waals surface area contributed by atoms with Gasteiger partial charge in [0.25, 0.3) is 0 Å². The van der Waals surface area contributed by atoms with Gasteiger partial charge in [0.1, 0.15) is 0 Å². The monoisotopic (exact) mass is 176 g/mol. The van der Waals surface area contributed by atoms with E-state index < -0.39 is 5.92 Å². The van der Waals surface area contributed by atoms with Crippen molar-refractivity contribution in [2.75, 3.05) is 7.11 Å². The van der Waals surface area contributed by atoms with Gasteiger partial charge in [-0.05, 0) is 12.2 Å². The Kier molecular flexibility index (Phi) is 5.13. The molecule has 0 bridgehead atoms. The minimum absolute atomic E-state index is 0. The first-order valence-corrected chi connectivity index (χ1v) is 3.22. The molecule has 0 aliphatic heterocycles. The zero-order valence-electron chi connectivity index (χ0n) is 8.11. The summed E-state index contributed by atoms with van der Waals surface area (Å²) in [5.74, 6) is -0.826. The van der Waals surface area contributed by atoms with Crippen molar-refractivity contribution in [2.24, 2.45) is 5.92 Å². The molecule has 0 fully saturated rings. The number of methoxy groups -OCH3 is 1. The van der Waals surface area contributed by atoms with Gasteiger partial charge in [-0.2, -0.15) is 0 Å². The molecular weight excluding hydrogens is 167 g/mol. The van der Waals surface area contributed by atoms with Crippen LogP contribution in [0.5, 0.6) is 0 Å². The van der Waals surface area contributed by atoms with Crippen LogP contribution >= 0.6 is 0 Å². The van der Waals surface area contributed by atoms with Gasteiger partial charge in [-0.1, -0.05) is 12.2 Å². The summed E-state index contributed by atoms with van der Waals surface area (Å²) < 4.78 is 4.47. The van der Waals surface area contributed by atoms with Crippen LogP contribution in [0.1, 0.15) is 1.43 Å². The van der Waals surface area contributed by atoms with Crippen LogP contribution < -0.4 is 29.6 Å². The van der Waals surface area contributed by atoms with Gasteiger partial charge in [0.05, 0.1) is 13.0 Å². The van der Waals surface area contributed by atoms with E-state index in [1.807, 2.05) is 0 Å². The van der Waals surface area contributed by atoms with Crippen molar-refractivity contribution < 1.29 is 45.3 Å². The fourth-order valence-corrected chi connectivity index (χ4v) is 0.810. The zero-order valence-corrected chi connectivity index (χ0v) is 9.11. The number of ketones is 1. The standard InChI is InChI=1S/C8H8O3.Na.H/c1-11-8(10)6-2-4-7(9)5-3-6;;/h2-6H,1H3;;/q;+1;-1. The van der Waals surface area contributed by atoms with Crippen LogP contribution in [-0.2, 0) is 14.3 Å². The third-order valence-electron chi connectivity index (χ3n) is 1.41. The molecule has 0 saturated carbocycles. The maximum atomic E-state index is 10.8. The Morgan fingerprint density at radius 3 is 2.42 bits per heavy atom. The van der Waals surface area contributed by atoms with Gasteiger partial charge in [0, 0.05) is 0 Å². The topological polar surface area (TPSA) is 43.4 Å². The number of esters is 1. The number of allylic oxidation sites excluding steroid dienone is 2. The first-order chi connectivity index (χ1) is 5.24. The van der Waals surface area contributed by atoms with E-state index >= 15 is 0 Å². The fourth-order valence-electron chi connectivity index (χ4n) is 0.810. The molecule has 4 heteroatoms. The van der Waals surface area contributed by atoms with Crippen molar-refractivity contribution in [2.45, 2.75) is 0 Å². The van der Waals surface area contributed by atoms with E-state index in [1.165, 1.54) is 31.4 Å². The van der Waals surface area contributed by atoms with Gasteiger partial charge < -0.3 is 6.16 Å². The minimum atomic E-state index is -0.391. The van der Waals surface area contributed by atoms with Crippen molar-refractivity contribution in [1.82, 2.24) is 0 Å². The van der Waals surface area contributed by atoms with Gasteiger partial charge in [-0.25, -0.2) is 0 Å². The molecule has 1 rings (SSSR count). The molecule has 0 atom stereocenters. The van der Waals surface area contributed by atoms with E-state index in [1.54, 1.807) is 0 Å². The molecule has 0 aromatic carbocycles. The summed E-state index contributed by atoms with van der Waals surface area (Å²) in [6, 6.07) is 0. The molecule has 0 aromatic heterocycles. The number of hydrogen-bond donors (Lipinski definition) is 0. The molecule has 0 aromatic rings. The van der Waals surface area contributed by atoms with Crippen LogP contribution in [0, 0.1) is 5.92 Å². The summed E-state index contributed by atoms with van der Waals surface area (Å²) in [6.45, 7) is 0. The predicted octanol–water partition coefficient (Wildman–Crippen LogP) is -2.41. The Labute approximate surface area is 94.2 Å². The molecule has 0 heterocycles.